The standard InChI is InChI=1S/C11H14F2N4O/c1-8(2)17-6-9(5-15-17)18-7-10-14-3-4-16(10)11(12)13/h3-6,8,11H,7H2,1-2H3. The van der Waals surface area contributed by atoms with Gasteiger partial charge in [0.2, 0.25) is 0 Å². The van der Waals surface area contributed by atoms with Crippen molar-refractivity contribution in [1.29, 1.82) is 0 Å². The molecule has 0 fully saturated rings. The fourth-order valence-electron chi connectivity index (χ4n) is 1.46. The summed E-state index contributed by atoms with van der Waals surface area (Å²) in [6.45, 7) is 1.35. The second kappa shape index (κ2) is 5.16. The Kier molecular flexibility index (Phi) is 3.59. The van der Waals surface area contributed by atoms with Gasteiger partial charge in [-0.3, -0.25) is 9.25 Å². The molecule has 0 saturated carbocycles. The van der Waals surface area contributed by atoms with Crippen molar-refractivity contribution in [3.63, 3.8) is 0 Å². The van der Waals surface area contributed by atoms with Gasteiger partial charge in [-0.05, 0) is 13.8 Å². The highest BCUT2D eigenvalue weighted by molar-refractivity contribution is 5.12. The highest BCUT2D eigenvalue weighted by Gasteiger charge is 2.12. The summed E-state index contributed by atoms with van der Waals surface area (Å²) in [4.78, 5) is 3.83. The molecule has 0 bridgehead atoms. The predicted octanol–water partition coefficient (Wildman–Crippen LogP) is 2.63. The SMILES string of the molecule is CC(C)n1cc(OCc2nccn2C(F)F)cn1. The van der Waals surface area contributed by atoms with E-state index >= 15 is 0 Å². The molecule has 0 aliphatic carbocycles. The Morgan fingerprint density at radius 3 is 2.78 bits per heavy atom. The van der Waals surface area contributed by atoms with Gasteiger partial charge in [0.25, 0.3) is 0 Å². The molecule has 0 saturated heterocycles. The summed E-state index contributed by atoms with van der Waals surface area (Å²) in [5.74, 6) is 0.717. The highest BCUT2D eigenvalue weighted by Crippen LogP contribution is 2.16. The largest absolute Gasteiger partial charge is 0.482 e. The average Bonchev–Trinajstić information content (AvgIpc) is 2.95. The van der Waals surface area contributed by atoms with Crippen LogP contribution in [0.25, 0.3) is 0 Å². The van der Waals surface area contributed by atoms with Crippen LogP contribution in [0.2, 0.25) is 0 Å². The van der Waals surface area contributed by atoms with Gasteiger partial charge in [-0.15, -0.1) is 0 Å². The molecule has 0 radical (unpaired) electrons. The van der Waals surface area contributed by atoms with Gasteiger partial charge in [0.05, 0.1) is 12.4 Å². The number of hydrogen-bond acceptors (Lipinski definition) is 3. The number of alkyl halides is 2. The first-order valence-electron chi connectivity index (χ1n) is 5.54. The van der Waals surface area contributed by atoms with Crippen LogP contribution >= 0.6 is 0 Å². The Hall–Kier alpha value is -1.92. The van der Waals surface area contributed by atoms with E-state index in [4.69, 9.17) is 4.74 Å². The van der Waals surface area contributed by atoms with E-state index < -0.39 is 6.55 Å². The number of imidazole rings is 1. The van der Waals surface area contributed by atoms with Gasteiger partial charge in [0.1, 0.15) is 6.61 Å². The normalized spacial score (nSPS) is 11.4. The summed E-state index contributed by atoms with van der Waals surface area (Å²) in [6, 6.07) is 0.227. The Labute approximate surface area is 103 Å². The van der Waals surface area contributed by atoms with Crippen molar-refractivity contribution in [2.24, 2.45) is 0 Å². The zero-order valence-electron chi connectivity index (χ0n) is 10.1. The van der Waals surface area contributed by atoms with Gasteiger partial charge in [-0.25, -0.2) is 4.98 Å². The van der Waals surface area contributed by atoms with E-state index in [0.717, 1.165) is 4.57 Å². The van der Waals surface area contributed by atoms with E-state index in [1.165, 1.54) is 12.4 Å². The highest BCUT2D eigenvalue weighted by atomic mass is 19.3. The van der Waals surface area contributed by atoms with E-state index in [0.29, 0.717) is 5.75 Å². The maximum atomic E-state index is 12.5. The van der Waals surface area contributed by atoms with Gasteiger partial charge in [0.15, 0.2) is 11.6 Å². The Morgan fingerprint density at radius 2 is 2.17 bits per heavy atom. The van der Waals surface area contributed by atoms with E-state index in [1.54, 1.807) is 17.1 Å². The van der Waals surface area contributed by atoms with E-state index in [9.17, 15) is 8.78 Å². The third-order valence-corrected chi connectivity index (χ3v) is 2.43. The molecule has 0 unspecified atom stereocenters. The lowest BCUT2D eigenvalue weighted by Crippen LogP contribution is -2.07. The molecule has 2 aromatic heterocycles. The van der Waals surface area contributed by atoms with Crippen molar-refractivity contribution in [3.05, 3.63) is 30.6 Å². The number of nitrogens with zero attached hydrogens (tertiary/aromatic N) is 4. The second-order valence-corrected chi connectivity index (χ2v) is 4.07. The van der Waals surface area contributed by atoms with Crippen molar-refractivity contribution in [2.45, 2.75) is 33.0 Å². The number of rotatable bonds is 5. The molecular formula is C11H14F2N4O. The van der Waals surface area contributed by atoms with Crippen molar-refractivity contribution < 1.29 is 13.5 Å². The fraction of sp³-hybridized carbons (Fsp3) is 0.455. The van der Waals surface area contributed by atoms with Crippen LogP contribution in [-0.4, -0.2) is 19.3 Å². The topological polar surface area (TPSA) is 44.9 Å². The third kappa shape index (κ3) is 2.66. The maximum absolute atomic E-state index is 12.5. The minimum absolute atomic E-state index is 0.0128. The minimum Gasteiger partial charge on any atom is -0.482 e. The molecule has 2 aromatic rings. The number of hydrogen-bond donors (Lipinski definition) is 0. The molecule has 0 aliphatic rings. The average molecular weight is 256 g/mol. The zero-order valence-corrected chi connectivity index (χ0v) is 10.1. The molecule has 0 spiro atoms. The molecule has 18 heavy (non-hydrogen) atoms. The van der Waals surface area contributed by atoms with Crippen molar-refractivity contribution in [3.8, 4) is 5.75 Å². The molecule has 7 heteroatoms. The van der Waals surface area contributed by atoms with Gasteiger partial charge in [0, 0.05) is 18.4 Å². The van der Waals surface area contributed by atoms with Crippen LogP contribution in [0.5, 0.6) is 5.75 Å². The molecule has 0 aromatic carbocycles. The molecule has 2 heterocycles. The Morgan fingerprint density at radius 1 is 1.39 bits per heavy atom. The zero-order chi connectivity index (χ0) is 13.1. The Balaban J connectivity index is 2.00. The number of ether oxygens (including phenoxy) is 1. The molecule has 98 valence electrons. The van der Waals surface area contributed by atoms with Crippen LogP contribution in [-0.2, 0) is 6.61 Å². The number of halogens is 2. The lowest BCUT2D eigenvalue weighted by Gasteiger charge is -2.07. The predicted molar refractivity (Wildman–Crippen MR) is 60.4 cm³/mol. The Bertz CT molecular complexity index is 507. The molecule has 0 atom stereocenters. The lowest BCUT2D eigenvalue weighted by molar-refractivity contribution is 0.0632. The fourth-order valence-corrected chi connectivity index (χ4v) is 1.46. The van der Waals surface area contributed by atoms with Gasteiger partial charge >= 0.3 is 6.55 Å². The van der Waals surface area contributed by atoms with Crippen LogP contribution in [0.3, 0.4) is 0 Å². The van der Waals surface area contributed by atoms with E-state index in [1.807, 2.05) is 13.8 Å². The minimum atomic E-state index is -2.61. The first-order chi connectivity index (χ1) is 8.58. The van der Waals surface area contributed by atoms with Crippen molar-refractivity contribution in [1.82, 2.24) is 19.3 Å². The molecule has 5 nitrogen and oxygen atoms in total. The quantitative estimate of drug-likeness (QED) is 0.826. The summed E-state index contributed by atoms with van der Waals surface area (Å²) >= 11 is 0. The molecule has 0 aliphatic heterocycles. The first-order valence-corrected chi connectivity index (χ1v) is 5.54. The summed E-state index contributed by atoms with van der Waals surface area (Å²) in [7, 11) is 0. The summed E-state index contributed by atoms with van der Waals surface area (Å²) in [5.41, 5.74) is 0. The first kappa shape index (κ1) is 12.5. The number of aromatic nitrogens is 4. The van der Waals surface area contributed by atoms with Gasteiger partial charge in [-0.2, -0.15) is 13.9 Å². The van der Waals surface area contributed by atoms with Gasteiger partial charge < -0.3 is 4.74 Å². The molecular weight excluding hydrogens is 242 g/mol. The van der Waals surface area contributed by atoms with Crippen LogP contribution in [0.1, 0.15) is 32.3 Å². The maximum Gasteiger partial charge on any atom is 0.320 e. The van der Waals surface area contributed by atoms with Crippen LogP contribution < -0.4 is 4.74 Å². The van der Waals surface area contributed by atoms with Crippen LogP contribution in [0.4, 0.5) is 8.78 Å². The van der Waals surface area contributed by atoms with E-state index in [2.05, 4.69) is 10.1 Å². The van der Waals surface area contributed by atoms with E-state index in [-0.39, 0.29) is 18.5 Å². The van der Waals surface area contributed by atoms with Crippen LogP contribution in [0.15, 0.2) is 24.8 Å². The molecule has 0 N–H and O–H groups in total. The smallest absolute Gasteiger partial charge is 0.320 e. The van der Waals surface area contributed by atoms with Crippen LogP contribution in [0, 0.1) is 0 Å². The molecule has 0 amide bonds. The van der Waals surface area contributed by atoms with Crippen molar-refractivity contribution in [2.75, 3.05) is 0 Å². The summed E-state index contributed by atoms with van der Waals surface area (Å²) in [6.07, 6.45) is 5.82. The van der Waals surface area contributed by atoms with Crippen molar-refractivity contribution >= 4 is 0 Å². The molecule has 2 rings (SSSR count). The lowest BCUT2D eigenvalue weighted by atomic mass is 10.4. The second-order valence-electron chi connectivity index (χ2n) is 4.07. The third-order valence-electron chi connectivity index (χ3n) is 2.43. The summed E-state index contributed by atoms with van der Waals surface area (Å²) in [5, 5.41) is 4.09. The monoisotopic (exact) mass is 256 g/mol. The van der Waals surface area contributed by atoms with Gasteiger partial charge in [-0.1, -0.05) is 0 Å². The summed E-state index contributed by atoms with van der Waals surface area (Å²) < 4.78 is 33.0.